The zero-order valence-corrected chi connectivity index (χ0v) is 11.9. The Balaban J connectivity index is 2.58. The lowest BCUT2D eigenvalue weighted by Gasteiger charge is -2.18. The van der Waals surface area contributed by atoms with Gasteiger partial charge in [0.05, 0.1) is 0 Å². The maximum absolute atomic E-state index is 11.8. The summed E-state index contributed by atoms with van der Waals surface area (Å²) >= 11 is 0. The Morgan fingerprint density at radius 1 is 1.26 bits per heavy atom. The first-order valence-corrected chi connectivity index (χ1v) is 6.33. The number of aliphatic carboxylic acids is 1. The third-order valence-corrected chi connectivity index (χ3v) is 3.29. The molecule has 19 heavy (non-hydrogen) atoms. The molecule has 0 aliphatic carbocycles. The first-order chi connectivity index (χ1) is 8.75. The topological polar surface area (TPSA) is 66.4 Å². The predicted octanol–water partition coefficient (Wildman–Crippen LogP) is 2.07. The summed E-state index contributed by atoms with van der Waals surface area (Å²) in [6, 6.07) is 6.18. The lowest BCUT2D eigenvalue weighted by Crippen LogP contribution is -2.43. The first-order valence-electron chi connectivity index (χ1n) is 6.33. The van der Waals surface area contributed by atoms with Gasteiger partial charge in [-0.25, -0.2) is 0 Å². The number of aryl methyl sites for hydroxylation is 2. The number of carboxylic acid groups (broad SMARTS) is 1. The van der Waals surface area contributed by atoms with Gasteiger partial charge in [-0.15, -0.1) is 0 Å². The zero-order chi connectivity index (χ0) is 14.6. The molecule has 104 valence electrons. The van der Waals surface area contributed by atoms with Gasteiger partial charge >= 0.3 is 5.97 Å². The summed E-state index contributed by atoms with van der Waals surface area (Å²) < 4.78 is 0. The van der Waals surface area contributed by atoms with Crippen LogP contribution in [0.3, 0.4) is 0 Å². The normalized spacial score (nSPS) is 11.2. The second kappa shape index (κ2) is 5.87. The molecule has 0 fully saturated rings. The van der Waals surface area contributed by atoms with Gasteiger partial charge in [0.2, 0.25) is 5.91 Å². The number of nitrogens with one attached hydrogen (secondary N) is 1. The van der Waals surface area contributed by atoms with Gasteiger partial charge in [0.1, 0.15) is 5.41 Å². The first kappa shape index (κ1) is 15.2. The number of hydrogen-bond acceptors (Lipinski definition) is 2. The molecule has 0 saturated carbocycles. The van der Waals surface area contributed by atoms with Crippen LogP contribution in [0.4, 0.5) is 0 Å². The smallest absolute Gasteiger partial charge is 0.318 e. The highest BCUT2D eigenvalue weighted by atomic mass is 16.4. The maximum Gasteiger partial charge on any atom is 0.318 e. The van der Waals surface area contributed by atoms with Crippen LogP contribution in [0.25, 0.3) is 0 Å². The highest BCUT2D eigenvalue weighted by Gasteiger charge is 2.35. The minimum atomic E-state index is -1.39. The van der Waals surface area contributed by atoms with Gasteiger partial charge < -0.3 is 10.4 Å². The summed E-state index contributed by atoms with van der Waals surface area (Å²) in [6.45, 7) is 7.30. The fourth-order valence-corrected chi connectivity index (χ4v) is 1.70. The molecule has 0 radical (unpaired) electrons. The van der Waals surface area contributed by atoms with Gasteiger partial charge in [0.25, 0.3) is 0 Å². The highest BCUT2D eigenvalue weighted by Crippen LogP contribution is 2.15. The van der Waals surface area contributed by atoms with Crippen LogP contribution in [0, 0.1) is 19.3 Å². The minimum Gasteiger partial charge on any atom is -0.480 e. The van der Waals surface area contributed by atoms with Gasteiger partial charge in [0.15, 0.2) is 0 Å². The van der Waals surface area contributed by atoms with E-state index in [0.717, 1.165) is 0 Å². The van der Waals surface area contributed by atoms with Crippen molar-refractivity contribution in [3.05, 3.63) is 34.9 Å². The van der Waals surface area contributed by atoms with E-state index in [2.05, 4.69) is 11.4 Å². The largest absolute Gasteiger partial charge is 0.480 e. The van der Waals surface area contributed by atoms with E-state index in [9.17, 15) is 9.59 Å². The molecule has 0 heterocycles. The molecule has 0 aliphatic heterocycles. The molecule has 2 N–H and O–H groups in total. The van der Waals surface area contributed by atoms with Crippen molar-refractivity contribution in [3.8, 4) is 0 Å². The molecule has 0 bridgehead atoms. The monoisotopic (exact) mass is 263 g/mol. The highest BCUT2D eigenvalue weighted by molar-refractivity contribution is 6.00. The summed E-state index contributed by atoms with van der Waals surface area (Å²) in [7, 11) is 0. The second-order valence-corrected chi connectivity index (χ2v) is 5.37. The van der Waals surface area contributed by atoms with E-state index < -0.39 is 17.3 Å². The lowest BCUT2D eigenvalue weighted by molar-refractivity contribution is -0.153. The molecular formula is C15H21NO3. The number of hydrogen-bond donors (Lipinski definition) is 2. The van der Waals surface area contributed by atoms with Crippen molar-refractivity contribution in [1.82, 2.24) is 5.32 Å². The van der Waals surface area contributed by atoms with E-state index in [-0.39, 0.29) is 0 Å². The van der Waals surface area contributed by atoms with Crippen LogP contribution in [0.2, 0.25) is 0 Å². The Kier molecular flexibility index (Phi) is 4.70. The molecule has 4 heteroatoms. The molecule has 0 atom stereocenters. The summed E-state index contributed by atoms with van der Waals surface area (Å²) in [5.41, 5.74) is 2.14. The third kappa shape index (κ3) is 3.81. The molecule has 1 amide bonds. The van der Waals surface area contributed by atoms with Gasteiger partial charge in [-0.1, -0.05) is 23.8 Å². The molecule has 0 aliphatic rings. The van der Waals surface area contributed by atoms with E-state index >= 15 is 0 Å². The molecule has 0 saturated heterocycles. The van der Waals surface area contributed by atoms with Gasteiger partial charge in [-0.3, -0.25) is 9.59 Å². The molecule has 0 aromatic heterocycles. The van der Waals surface area contributed by atoms with Crippen molar-refractivity contribution < 1.29 is 14.7 Å². The van der Waals surface area contributed by atoms with E-state index in [1.165, 1.54) is 30.5 Å². The van der Waals surface area contributed by atoms with Crippen molar-refractivity contribution in [1.29, 1.82) is 0 Å². The van der Waals surface area contributed by atoms with Crippen LogP contribution in [0.15, 0.2) is 18.2 Å². The van der Waals surface area contributed by atoms with Crippen LogP contribution in [0.1, 0.15) is 30.5 Å². The quantitative estimate of drug-likeness (QED) is 0.799. The van der Waals surface area contributed by atoms with Crippen molar-refractivity contribution in [2.75, 3.05) is 6.54 Å². The van der Waals surface area contributed by atoms with Crippen molar-refractivity contribution in [3.63, 3.8) is 0 Å². The molecule has 0 unspecified atom stereocenters. The lowest BCUT2D eigenvalue weighted by atomic mass is 9.92. The Labute approximate surface area is 113 Å². The molecule has 1 rings (SSSR count). The van der Waals surface area contributed by atoms with Crippen LogP contribution >= 0.6 is 0 Å². The average molecular weight is 263 g/mol. The number of amides is 1. The van der Waals surface area contributed by atoms with Gasteiger partial charge in [0, 0.05) is 6.54 Å². The predicted molar refractivity (Wildman–Crippen MR) is 74.0 cm³/mol. The molecule has 1 aromatic carbocycles. The van der Waals surface area contributed by atoms with Crippen LogP contribution in [-0.2, 0) is 16.0 Å². The van der Waals surface area contributed by atoms with E-state index in [1.54, 1.807) is 0 Å². The zero-order valence-electron chi connectivity index (χ0n) is 11.9. The summed E-state index contributed by atoms with van der Waals surface area (Å²) in [4.78, 5) is 22.7. The van der Waals surface area contributed by atoms with Crippen LogP contribution < -0.4 is 5.32 Å². The van der Waals surface area contributed by atoms with Gasteiger partial charge in [-0.05, 0) is 45.2 Å². The summed E-state index contributed by atoms with van der Waals surface area (Å²) in [5.74, 6) is -1.57. The summed E-state index contributed by atoms with van der Waals surface area (Å²) in [5, 5.41) is 11.6. The number of carbonyl (C=O) groups excluding carboxylic acids is 1. The molecular weight excluding hydrogens is 242 g/mol. The average Bonchev–Trinajstić information content (AvgIpc) is 2.33. The summed E-state index contributed by atoms with van der Waals surface area (Å²) in [6.07, 6.45) is 0.703. The molecule has 1 aromatic rings. The second-order valence-electron chi connectivity index (χ2n) is 5.37. The van der Waals surface area contributed by atoms with E-state index in [1.807, 2.05) is 26.0 Å². The fraction of sp³-hybridized carbons (Fsp3) is 0.467. The number of benzene rings is 1. The molecule has 4 nitrogen and oxygen atoms in total. The standard InChI is InChI=1S/C15H21NO3/c1-10-5-6-11(2)12(9-10)7-8-16-13(17)15(3,4)14(18)19/h5-6,9H,7-8H2,1-4H3,(H,16,17)(H,18,19). The molecule has 0 spiro atoms. The third-order valence-electron chi connectivity index (χ3n) is 3.29. The number of carbonyl (C=O) groups is 2. The van der Waals surface area contributed by atoms with Gasteiger partial charge in [-0.2, -0.15) is 0 Å². The Morgan fingerprint density at radius 2 is 1.89 bits per heavy atom. The van der Waals surface area contributed by atoms with Crippen molar-refractivity contribution >= 4 is 11.9 Å². The van der Waals surface area contributed by atoms with E-state index in [4.69, 9.17) is 5.11 Å². The van der Waals surface area contributed by atoms with E-state index in [0.29, 0.717) is 13.0 Å². The number of rotatable bonds is 5. The number of carboxylic acids is 1. The van der Waals surface area contributed by atoms with Crippen molar-refractivity contribution in [2.45, 2.75) is 34.1 Å². The van der Waals surface area contributed by atoms with Crippen LogP contribution in [-0.4, -0.2) is 23.5 Å². The minimum absolute atomic E-state index is 0.444. The Bertz CT molecular complexity index is 492. The SMILES string of the molecule is Cc1ccc(C)c(CCNC(=O)C(C)(C)C(=O)O)c1. The Hall–Kier alpha value is -1.84. The van der Waals surface area contributed by atoms with Crippen LogP contribution in [0.5, 0.6) is 0 Å². The maximum atomic E-state index is 11.8. The Morgan fingerprint density at radius 3 is 2.47 bits per heavy atom. The van der Waals surface area contributed by atoms with Crippen molar-refractivity contribution in [2.24, 2.45) is 5.41 Å². The fourth-order valence-electron chi connectivity index (χ4n) is 1.70.